The van der Waals surface area contributed by atoms with E-state index in [2.05, 4.69) is 21.3 Å². The number of methoxy groups -OCH3 is 1. The third kappa shape index (κ3) is 9.70. The molecule has 0 spiro atoms. The quantitative estimate of drug-likeness (QED) is 0.164. The fourth-order valence-corrected chi connectivity index (χ4v) is 6.19. The molecule has 3 aromatic carbocycles. The number of benzene rings is 3. The highest BCUT2D eigenvalue weighted by Crippen LogP contribution is 2.35. The van der Waals surface area contributed by atoms with Gasteiger partial charge in [0, 0.05) is 48.6 Å². The molecule has 11 nitrogen and oxygen atoms in total. The van der Waals surface area contributed by atoms with E-state index in [4.69, 9.17) is 9.84 Å². The number of hydrogen-bond donors (Lipinski definition) is 6. The lowest BCUT2D eigenvalue weighted by molar-refractivity contribution is -0.135. The van der Waals surface area contributed by atoms with Crippen molar-refractivity contribution in [2.45, 2.75) is 62.2 Å². The van der Waals surface area contributed by atoms with Gasteiger partial charge in [0.25, 0.3) is 5.91 Å². The Bertz CT molecular complexity index is 1510. The van der Waals surface area contributed by atoms with E-state index in [1.807, 2.05) is 74.5 Å². The van der Waals surface area contributed by atoms with Crippen molar-refractivity contribution in [3.05, 3.63) is 77.9 Å². The van der Waals surface area contributed by atoms with Crippen molar-refractivity contribution >= 4 is 35.3 Å². The number of hydrogen-bond acceptors (Lipinski definition) is 8. The fraction of sp³-hybridized carbons (Fsp3) is 0.382. The summed E-state index contributed by atoms with van der Waals surface area (Å²) >= 11 is 1.30. The van der Waals surface area contributed by atoms with Gasteiger partial charge in [-0.3, -0.25) is 9.59 Å². The van der Waals surface area contributed by atoms with E-state index in [-0.39, 0.29) is 31.4 Å². The third-order valence-electron chi connectivity index (χ3n) is 7.40. The second-order valence-corrected chi connectivity index (χ2v) is 13.0. The molecule has 0 aromatic heterocycles. The number of nitrogens with one attached hydrogen (secondary N) is 4. The number of carbonyl (C=O) groups excluding carboxylic acids is 3. The van der Waals surface area contributed by atoms with E-state index in [1.54, 1.807) is 25.0 Å². The number of nitrogens with zero attached hydrogens (tertiary/aromatic N) is 1. The van der Waals surface area contributed by atoms with E-state index in [0.29, 0.717) is 31.1 Å². The molecule has 1 heterocycles. The van der Waals surface area contributed by atoms with Crippen molar-refractivity contribution in [2.24, 2.45) is 0 Å². The summed E-state index contributed by atoms with van der Waals surface area (Å²) in [4.78, 5) is 41.9. The van der Waals surface area contributed by atoms with Crippen LogP contribution in [0, 0.1) is 0 Å². The van der Waals surface area contributed by atoms with Crippen LogP contribution < -0.4 is 26.0 Å². The van der Waals surface area contributed by atoms with Crippen molar-refractivity contribution in [2.75, 3.05) is 32.1 Å². The Labute approximate surface area is 274 Å². The molecule has 3 aromatic rings. The SMILES string of the molecule is COc1ccc2c(c1)S[C@@H](NC(=O)CC(C)(C)NC[C@@H](C)O)C(=O)N(Cc1ccc(-c3ccccc3NC(=O)NCCO)cc1)C2. The number of urea groups is 1. The van der Waals surface area contributed by atoms with Crippen molar-refractivity contribution < 1.29 is 29.3 Å². The van der Waals surface area contributed by atoms with Crippen molar-refractivity contribution in [1.82, 2.24) is 20.9 Å². The van der Waals surface area contributed by atoms with Gasteiger partial charge in [-0.25, -0.2) is 4.79 Å². The van der Waals surface area contributed by atoms with Crippen LogP contribution >= 0.6 is 11.8 Å². The molecule has 0 saturated heterocycles. The number of amides is 4. The Morgan fingerprint density at radius 3 is 2.54 bits per heavy atom. The predicted octanol–water partition coefficient (Wildman–Crippen LogP) is 3.69. The van der Waals surface area contributed by atoms with Gasteiger partial charge in [-0.05, 0) is 55.7 Å². The van der Waals surface area contributed by atoms with Crippen LogP contribution in [0.2, 0.25) is 0 Å². The number of β-amino-alcohol motifs (C(OH)–C–C–N with tert-alkyl or cyclic N) is 1. The van der Waals surface area contributed by atoms with Gasteiger partial charge in [0.2, 0.25) is 5.91 Å². The van der Waals surface area contributed by atoms with Gasteiger partial charge in [0.1, 0.15) is 5.75 Å². The van der Waals surface area contributed by atoms with Crippen molar-refractivity contribution in [1.29, 1.82) is 0 Å². The topological polar surface area (TPSA) is 152 Å². The van der Waals surface area contributed by atoms with Crippen molar-refractivity contribution in [3.63, 3.8) is 0 Å². The van der Waals surface area contributed by atoms with E-state index in [9.17, 15) is 19.5 Å². The van der Waals surface area contributed by atoms with Gasteiger partial charge >= 0.3 is 6.03 Å². The lowest BCUT2D eigenvalue weighted by Crippen LogP contribution is -2.50. The molecule has 0 saturated carbocycles. The lowest BCUT2D eigenvalue weighted by Gasteiger charge is -2.28. The van der Waals surface area contributed by atoms with Gasteiger partial charge in [0.15, 0.2) is 5.37 Å². The summed E-state index contributed by atoms with van der Waals surface area (Å²) in [5, 5.41) is 29.4. The highest BCUT2D eigenvalue weighted by Gasteiger charge is 2.33. The maximum Gasteiger partial charge on any atom is 0.319 e. The maximum atomic E-state index is 13.9. The molecule has 1 aliphatic rings. The number of ether oxygens (including phenoxy) is 1. The van der Waals surface area contributed by atoms with Gasteiger partial charge in [-0.1, -0.05) is 60.3 Å². The number of fused-ring (bicyclic) bond motifs is 1. The average Bonchev–Trinajstić information content (AvgIpc) is 3.14. The van der Waals surface area contributed by atoms with Gasteiger partial charge in [-0.15, -0.1) is 0 Å². The minimum atomic E-state index is -0.845. The Morgan fingerprint density at radius 1 is 1.11 bits per heavy atom. The van der Waals surface area contributed by atoms with Gasteiger partial charge in [0.05, 0.1) is 25.5 Å². The van der Waals surface area contributed by atoms with E-state index < -0.39 is 23.0 Å². The zero-order valence-corrected chi connectivity index (χ0v) is 27.4. The van der Waals surface area contributed by atoms with E-state index in [0.717, 1.165) is 27.1 Å². The molecule has 46 heavy (non-hydrogen) atoms. The highest BCUT2D eigenvalue weighted by atomic mass is 32.2. The van der Waals surface area contributed by atoms with Crippen molar-refractivity contribution in [3.8, 4) is 16.9 Å². The zero-order valence-electron chi connectivity index (χ0n) is 26.6. The number of anilines is 1. The second-order valence-electron chi connectivity index (χ2n) is 11.9. The smallest absolute Gasteiger partial charge is 0.319 e. The maximum absolute atomic E-state index is 13.9. The third-order valence-corrected chi connectivity index (χ3v) is 8.59. The molecule has 4 rings (SSSR count). The highest BCUT2D eigenvalue weighted by molar-refractivity contribution is 8.00. The normalized spacial score (nSPS) is 15.4. The largest absolute Gasteiger partial charge is 0.497 e. The van der Waals surface area contributed by atoms with E-state index >= 15 is 0 Å². The molecule has 4 amide bonds. The average molecular weight is 650 g/mol. The lowest BCUT2D eigenvalue weighted by atomic mass is 10.00. The second kappa shape index (κ2) is 15.9. The summed E-state index contributed by atoms with van der Waals surface area (Å²) in [6, 6.07) is 20.5. The number of aliphatic hydroxyl groups excluding tert-OH is 2. The number of thioether (sulfide) groups is 1. The number of aliphatic hydroxyl groups is 2. The summed E-state index contributed by atoms with van der Waals surface area (Å²) in [6.07, 6.45) is -0.429. The van der Waals surface area contributed by atoms with Crippen LogP contribution in [-0.2, 0) is 22.7 Å². The molecule has 0 unspecified atom stereocenters. The van der Waals surface area contributed by atoms with Gasteiger partial charge < -0.3 is 41.1 Å². The molecule has 0 aliphatic carbocycles. The fourth-order valence-electron chi connectivity index (χ4n) is 5.03. The summed E-state index contributed by atoms with van der Waals surface area (Å²) in [6.45, 7) is 6.47. The number of carbonyl (C=O) groups is 3. The minimum Gasteiger partial charge on any atom is -0.497 e. The first-order valence-electron chi connectivity index (χ1n) is 15.2. The summed E-state index contributed by atoms with van der Waals surface area (Å²) in [5.74, 6) is 0.176. The van der Waals surface area contributed by atoms with E-state index in [1.165, 1.54) is 11.8 Å². The molecular formula is C34H43N5O6S. The van der Waals surface area contributed by atoms with Crippen LogP contribution in [0.15, 0.2) is 71.6 Å². The molecular weight excluding hydrogens is 606 g/mol. The molecule has 12 heteroatoms. The summed E-state index contributed by atoms with van der Waals surface area (Å²) in [7, 11) is 1.59. The van der Waals surface area contributed by atoms with Gasteiger partial charge in [-0.2, -0.15) is 0 Å². The van der Waals surface area contributed by atoms with Crippen LogP contribution in [0.25, 0.3) is 11.1 Å². The Balaban J connectivity index is 1.53. The van der Waals surface area contributed by atoms with Crippen LogP contribution in [0.5, 0.6) is 5.75 Å². The zero-order chi connectivity index (χ0) is 33.3. The van der Waals surface area contributed by atoms with Crippen LogP contribution in [-0.4, -0.2) is 76.8 Å². The molecule has 0 fully saturated rings. The first-order chi connectivity index (χ1) is 22.0. The number of para-hydroxylation sites is 1. The Hall–Kier alpha value is -4.10. The predicted molar refractivity (Wildman–Crippen MR) is 179 cm³/mol. The minimum absolute atomic E-state index is 0.121. The molecule has 1 aliphatic heterocycles. The van der Waals surface area contributed by atoms with Crippen LogP contribution in [0.1, 0.15) is 38.3 Å². The summed E-state index contributed by atoms with van der Waals surface area (Å²) < 4.78 is 5.43. The molecule has 6 N–H and O–H groups in total. The summed E-state index contributed by atoms with van der Waals surface area (Å²) in [5.41, 5.74) is 3.60. The first-order valence-corrected chi connectivity index (χ1v) is 16.0. The molecule has 246 valence electrons. The standard InChI is InChI=1S/C34H43N5O6S/c1-22(41)19-36-34(2,3)18-30(42)38-31-32(43)39(21-25-13-14-26(45-4)17-29(25)46-31)20-23-9-11-24(12-10-23)27-7-5-6-8-28(27)37-33(44)35-15-16-40/h5-14,17,22,31,36,40-41H,15-16,18-21H2,1-4H3,(H,38,42)(H2,35,37,44)/t22-,31-/m1/s1. The Kier molecular flexibility index (Phi) is 12.1. The Morgan fingerprint density at radius 2 is 1.85 bits per heavy atom. The van der Waals surface area contributed by atoms with Crippen LogP contribution in [0.3, 0.4) is 0 Å². The van der Waals surface area contributed by atoms with Crippen LogP contribution in [0.4, 0.5) is 10.5 Å². The molecule has 2 atom stereocenters. The molecule has 0 radical (unpaired) electrons. The monoisotopic (exact) mass is 649 g/mol. The molecule has 0 bridgehead atoms. The number of rotatable bonds is 13. The first kappa shape index (κ1) is 34.8.